The molecule has 1 heterocycles. The van der Waals surface area contributed by atoms with Gasteiger partial charge in [-0.1, -0.05) is 30.3 Å². The molecule has 1 amide bonds. The first kappa shape index (κ1) is 18.4. The van der Waals surface area contributed by atoms with Gasteiger partial charge in [-0.15, -0.1) is 0 Å². The molecule has 2 rings (SSSR count). The van der Waals surface area contributed by atoms with Gasteiger partial charge < -0.3 is 9.64 Å². The highest BCUT2D eigenvalue weighted by Crippen LogP contribution is 2.20. The second-order valence-corrected chi connectivity index (χ2v) is 6.00. The third-order valence-corrected chi connectivity index (χ3v) is 3.95. The standard InChI is InChI=1S/C19H23N3O3/c1-13-16(14(2)22(5)20-13)11-12-17(23)25-18(19(24)21(3)4)15-9-7-6-8-10-15/h6-12,18H,1-5H3/b12-11+/t18-/m0/s1. The van der Waals surface area contributed by atoms with Crippen molar-refractivity contribution in [1.82, 2.24) is 14.7 Å². The molecular formula is C19H23N3O3. The molecule has 1 atom stereocenters. The lowest BCUT2D eigenvalue weighted by Gasteiger charge is -2.20. The molecule has 0 radical (unpaired) electrons. The fourth-order valence-electron chi connectivity index (χ4n) is 2.46. The summed E-state index contributed by atoms with van der Waals surface area (Å²) in [6.45, 7) is 3.80. The number of amides is 1. The Bertz CT molecular complexity index is 792. The zero-order chi connectivity index (χ0) is 18.6. The van der Waals surface area contributed by atoms with Crippen LogP contribution in [-0.2, 0) is 21.4 Å². The molecular weight excluding hydrogens is 318 g/mol. The third-order valence-electron chi connectivity index (χ3n) is 3.95. The molecule has 2 aromatic rings. The first-order valence-electron chi connectivity index (χ1n) is 7.96. The summed E-state index contributed by atoms with van der Waals surface area (Å²) in [4.78, 5) is 26.0. The SMILES string of the molecule is Cc1nn(C)c(C)c1/C=C/C(=O)O[C@H](C(=O)N(C)C)c1ccccc1. The minimum absolute atomic E-state index is 0.290. The number of rotatable bonds is 5. The average Bonchev–Trinajstić information content (AvgIpc) is 2.83. The quantitative estimate of drug-likeness (QED) is 0.619. The molecule has 1 aromatic carbocycles. The van der Waals surface area contributed by atoms with Crippen LogP contribution in [0.5, 0.6) is 0 Å². The molecule has 0 bridgehead atoms. The molecule has 0 unspecified atom stereocenters. The van der Waals surface area contributed by atoms with Crippen LogP contribution < -0.4 is 0 Å². The van der Waals surface area contributed by atoms with E-state index >= 15 is 0 Å². The smallest absolute Gasteiger partial charge is 0.331 e. The second-order valence-electron chi connectivity index (χ2n) is 6.00. The maximum atomic E-state index is 12.4. The van der Waals surface area contributed by atoms with Crippen LogP contribution in [-0.4, -0.2) is 40.7 Å². The van der Waals surface area contributed by atoms with Gasteiger partial charge in [0.25, 0.3) is 5.91 Å². The Morgan fingerprint density at radius 2 is 1.84 bits per heavy atom. The van der Waals surface area contributed by atoms with Crippen molar-refractivity contribution >= 4 is 18.0 Å². The van der Waals surface area contributed by atoms with Crippen LogP contribution in [0.1, 0.15) is 28.6 Å². The predicted molar refractivity (Wildman–Crippen MR) is 95.7 cm³/mol. The van der Waals surface area contributed by atoms with Gasteiger partial charge in [0.2, 0.25) is 6.10 Å². The summed E-state index contributed by atoms with van der Waals surface area (Å²) < 4.78 is 7.18. The Morgan fingerprint density at radius 1 is 1.20 bits per heavy atom. The van der Waals surface area contributed by atoms with Gasteiger partial charge in [0, 0.05) is 44.0 Å². The number of hydrogen-bond acceptors (Lipinski definition) is 4. The summed E-state index contributed by atoms with van der Waals surface area (Å²) in [6.07, 6.45) is 2.03. The predicted octanol–water partition coefficient (Wildman–Crippen LogP) is 2.42. The van der Waals surface area contributed by atoms with Crippen LogP contribution in [0, 0.1) is 13.8 Å². The Hall–Kier alpha value is -2.89. The van der Waals surface area contributed by atoms with Gasteiger partial charge >= 0.3 is 5.97 Å². The summed E-state index contributed by atoms with van der Waals surface area (Å²) in [5.41, 5.74) is 3.28. The number of nitrogens with zero attached hydrogens (tertiary/aromatic N) is 3. The van der Waals surface area contributed by atoms with Gasteiger partial charge in [0.15, 0.2) is 0 Å². The minimum Gasteiger partial charge on any atom is -0.444 e. The zero-order valence-electron chi connectivity index (χ0n) is 15.2. The van der Waals surface area contributed by atoms with Crippen molar-refractivity contribution in [2.24, 2.45) is 7.05 Å². The first-order valence-corrected chi connectivity index (χ1v) is 7.96. The lowest BCUT2D eigenvalue weighted by molar-refractivity contribution is -0.155. The van der Waals surface area contributed by atoms with E-state index in [1.165, 1.54) is 11.0 Å². The van der Waals surface area contributed by atoms with E-state index in [0.717, 1.165) is 17.0 Å². The first-order chi connectivity index (χ1) is 11.8. The highest BCUT2D eigenvalue weighted by molar-refractivity contribution is 5.91. The normalized spacial score (nSPS) is 12.2. The lowest BCUT2D eigenvalue weighted by Crippen LogP contribution is -2.30. The average molecular weight is 341 g/mol. The van der Waals surface area contributed by atoms with Crippen LogP contribution in [0.4, 0.5) is 0 Å². The largest absolute Gasteiger partial charge is 0.444 e. The van der Waals surface area contributed by atoms with Gasteiger partial charge in [-0.05, 0) is 19.9 Å². The molecule has 0 N–H and O–H groups in total. The number of hydrogen-bond donors (Lipinski definition) is 0. The van der Waals surface area contributed by atoms with Crippen LogP contribution in [0.15, 0.2) is 36.4 Å². The van der Waals surface area contributed by atoms with E-state index in [1.54, 1.807) is 49.1 Å². The van der Waals surface area contributed by atoms with E-state index in [2.05, 4.69) is 5.10 Å². The number of benzene rings is 1. The number of carbonyl (C=O) groups is 2. The third kappa shape index (κ3) is 4.35. The van der Waals surface area contributed by atoms with Crippen LogP contribution in [0.25, 0.3) is 6.08 Å². The zero-order valence-corrected chi connectivity index (χ0v) is 15.2. The van der Waals surface area contributed by atoms with E-state index in [-0.39, 0.29) is 5.91 Å². The fourth-order valence-corrected chi connectivity index (χ4v) is 2.46. The van der Waals surface area contributed by atoms with Gasteiger partial charge in [-0.3, -0.25) is 9.48 Å². The molecule has 6 nitrogen and oxygen atoms in total. The summed E-state index contributed by atoms with van der Waals surface area (Å²) >= 11 is 0. The van der Waals surface area contributed by atoms with E-state index in [4.69, 9.17) is 4.74 Å². The van der Waals surface area contributed by atoms with E-state index in [0.29, 0.717) is 5.56 Å². The summed E-state index contributed by atoms with van der Waals surface area (Å²) in [6, 6.07) is 8.97. The second kappa shape index (κ2) is 7.79. The summed E-state index contributed by atoms with van der Waals surface area (Å²) in [7, 11) is 5.10. The Balaban J connectivity index is 2.20. The Morgan fingerprint density at radius 3 is 2.36 bits per heavy atom. The van der Waals surface area contributed by atoms with Gasteiger partial charge in [0.1, 0.15) is 0 Å². The maximum absolute atomic E-state index is 12.4. The number of esters is 1. The number of aryl methyl sites for hydroxylation is 2. The van der Waals surface area contributed by atoms with Crippen molar-refractivity contribution in [3.05, 3.63) is 58.9 Å². The summed E-state index contributed by atoms with van der Waals surface area (Å²) in [5, 5.41) is 4.30. The Labute approximate surface area is 147 Å². The van der Waals surface area contributed by atoms with Gasteiger partial charge in [-0.2, -0.15) is 5.10 Å². The van der Waals surface area contributed by atoms with Crippen LogP contribution in [0.3, 0.4) is 0 Å². The molecule has 0 aliphatic rings. The van der Waals surface area contributed by atoms with Crippen molar-refractivity contribution < 1.29 is 14.3 Å². The highest BCUT2D eigenvalue weighted by Gasteiger charge is 2.25. The van der Waals surface area contributed by atoms with Gasteiger partial charge in [-0.25, -0.2) is 4.79 Å². The molecule has 0 spiro atoms. The van der Waals surface area contributed by atoms with Crippen LogP contribution in [0.2, 0.25) is 0 Å². The molecule has 0 saturated carbocycles. The summed E-state index contributed by atoms with van der Waals surface area (Å²) in [5.74, 6) is -0.867. The number of likely N-dealkylation sites (N-methyl/N-ethyl adjacent to an activating group) is 1. The van der Waals surface area contributed by atoms with Crippen molar-refractivity contribution in [2.75, 3.05) is 14.1 Å². The fraction of sp³-hybridized carbons (Fsp3) is 0.316. The molecule has 0 fully saturated rings. The molecule has 0 saturated heterocycles. The molecule has 6 heteroatoms. The Kier molecular flexibility index (Phi) is 5.75. The maximum Gasteiger partial charge on any atom is 0.331 e. The van der Waals surface area contributed by atoms with E-state index < -0.39 is 12.1 Å². The number of carbonyl (C=O) groups excluding carboxylic acids is 2. The topological polar surface area (TPSA) is 64.4 Å². The molecule has 132 valence electrons. The van der Waals surface area contributed by atoms with Gasteiger partial charge in [0.05, 0.1) is 5.69 Å². The molecule has 1 aromatic heterocycles. The van der Waals surface area contributed by atoms with Crippen molar-refractivity contribution in [3.63, 3.8) is 0 Å². The van der Waals surface area contributed by atoms with Crippen molar-refractivity contribution in [1.29, 1.82) is 0 Å². The van der Waals surface area contributed by atoms with Crippen molar-refractivity contribution in [2.45, 2.75) is 20.0 Å². The van der Waals surface area contributed by atoms with E-state index in [1.807, 2.05) is 27.0 Å². The van der Waals surface area contributed by atoms with Crippen LogP contribution >= 0.6 is 0 Å². The van der Waals surface area contributed by atoms with E-state index in [9.17, 15) is 9.59 Å². The minimum atomic E-state index is -0.968. The molecule has 0 aliphatic heterocycles. The highest BCUT2D eigenvalue weighted by atomic mass is 16.5. The lowest BCUT2D eigenvalue weighted by atomic mass is 10.1. The molecule has 25 heavy (non-hydrogen) atoms. The number of aromatic nitrogens is 2. The monoisotopic (exact) mass is 341 g/mol. The van der Waals surface area contributed by atoms with Crippen molar-refractivity contribution in [3.8, 4) is 0 Å². The number of ether oxygens (including phenoxy) is 1. The molecule has 0 aliphatic carbocycles.